The van der Waals surface area contributed by atoms with Gasteiger partial charge in [0.05, 0.1) is 30.2 Å². The van der Waals surface area contributed by atoms with Crippen molar-refractivity contribution in [1.29, 1.82) is 0 Å². The summed E-state index contributed by atoms with van der Waals surface area (Å²) in [6.07, 6.45) is 2.81. The maximum atomic E-state index is 11.8. The number of pyridine rings is 1. The second kappa shape index (κ2) is 7.85. The molecule has 0 aliphatic heterocycles. The summed E-state index contributed by atoms with van der Waals surface area (Å²) in [4.78, 5) is 19.7. The Morgan fingerprint density at radius 3 is 2.50 bits per heavy atom. The Balaban J connectivity index is 2.83. The van der Waals surface area contributed by atoms with E-state index in [2.05, 4.69) is 11.9 Å². The van der Waals surface area contributed by atoms with E-state index in [0.29, 0.717) is 18.7 Å². The van der Waals surface area contributed by atoms with Crippen molar-refractivity contribution in [2.45, 2.75) is 32.8 Å². The summed E-state index contributed by atoms with van der Waals surface area (Å²) in [5, 5.41) is 9.74. The van der Waals surface area contributed by atoms with E-state index in [1.807, 2.05) is 24.0 Å². The van der Waals surface area contributed by atoms with E-state index < -0.39 is 6.10 Å². The Morgan fingerprint density at radius 1 is 1.35 bits per heavy atom. The molecule has 1 amide bonds. The third-order valence-corrected chi connectivity index (χ3v) is 3.18. The van der Waals surface area contributed by atoms with Gasteiger partial charge in [-0.3, -0.25) is 9.78 Å². The van der Waals surface area contributed by atoms with E-state index in [1.54, 1.807) is 25.2 Å². The molecule has 1 rings (SSSR count). The third kappa shape index (κ3) is 4.49. The third-order valence-electron chi connectivity index (χ3n) is 3.18. The van der Waals surface area contributed by atoms with Gasteiger partial charge in [0.1, 0.15) is 0 Å². The van der Waals surface area contributed by atoms with Gasteiger partial charge in [0.25, 0.3) is 0 Å². The Bertz CT molecular complexity index is 418. The number of hydrogen-bond donors (Lipinski definition) is 1. The van der Waals surface area contributed by atoms with Crippen LogP contribution in [0.4, 0.5) is 5.69 Å². The first-order valence-electron chi connectivity index (χ1n) is 7.08. The molecule has 1 N–H and O–H groups in total. The Morgan fingerprint density at radius 2 is 2.05 bits per heavy atom. The molecule has 0 radical (unpaired) electrons. The molecule has 0 spiro atoms. The van der Waals surface area contributed by atoms with Gasteiger partial charge in [0.2, 0.25) is 5.91 Å². The van der Waals surface area contributed by atoms with Gasteiger partial charge in [-0.25, -0.2) is 0 Å². The molecule has 1 aromatic heterocycles. The number of carbonyl (C=O) groups is 1. The van der Waals surface area contributed by atoms with Crippen LogP contribution in [0.3, 0.4) is 0 Å². The maximum absolute atomic E-state index is 11.8. The summed E-state index contributed by atoms with van der Waals surface area (Å²) < 4.78 is 0. The second-order valence-corrected chi connectivity index (χ2v) is 5.08. The number of aliphatic hydroxyl groups is 1. The molecule has 1 unspecified atom stereocenters. The maximum Gasteiger partial charge on any atom is 0.241 e. The minimum atomic E-state index is -0.521. The van der Waals surface area contributed by atoms with Crippen LogP contribution in [0.2, 0.25) is 0 Å². The largest absolute Gasteiger partial charge is 0.387 e. The lowest BCUT2D eigenvalue weighted by Crippen LogP contribution is -2.37. The predicted octanol–water partition coefficient (Wildman–Crippen LogP) is 1.83. The Hall–Kier alpha value is -1.62. The topological polar surface area (TPSA) is 56.7 Å². The molecule has 1 aromatic rings. The number of hydrogen-bond acceptors (Lipinski definition) is 4. The molecule has 20 heavy (non-hydrogen) atoms. The van der Waals surface area contributed by atoms with E-state index in [9.17, 15) is 9.90 Å². The standard InChI is InChI=1S/C15H25N3O2/c1-5-9-18(11-15(20)17(3)4)12-7-8-13(16-10-12)14(19)6-2/h7-8,10,14,19H,5-6,9,11H2,1-4H3. The van der Waals surface area contributed by atoms with E-state index >= 15 is 0 Å². The van der Waals surface area contributed by atoms with Crippen molar-refractivity contribution >= 4 is 11.6 Å². The van der Waals surface area contributed by atoms with Crippen LogP contribution in [-0.2, 0) is 4.79 Å². The first kappa shape index (κ1) is 16.4. The van der Waals surface area contributed by atoms with Crippen LogP contribution in [0.25, 0.3) is 0 Å². The van der Waals surface area contributed by atoms with Crippen molar-refractivity contribution in [3.63, 3.8) is 0 Å². The van der Waals surface area contributed by atoms with Gasteiger partial charge in [0, 0.05) is 20.6 Å². The van der Waals surface area contributed by atoms with Gasteiger partial charge in [0.15, 0.2) is 0 Å². The van der Waals surface area contributed by atoms with Crippen LogP contribution in [0, 0.1) is 0 Å². The lowest BCUT2D eigenvalue weighted by molar-refractivity contribution is -0.127. The predicted molar refractivity (Wildman–Crippen MR) is 80.7 cm³/mol. The molecule has 0 aromatic carbocycles. The summed E-state index contributed by atoms with van der Waals surface area (Å²) in [6.45, 7) is 5.14. The van der Waals surface area contributed by atoms with Gasteiger partial charge in [-0.15, -0.1) is 0 Å². The van der Waals surface area contributed by atoms with Crippen LogP contribution < -0.4 is 4.90 Å². The van der Waals surface area contributed by atoms with Crippen molar-refractivity contribution in [2.24, 2.45) is 0 Å². The number of nitrogens with zero attached hydrogens (tertiary/aromatic N) is 3. The van der Waals surface area contributed by atoms with E-state index in [4.69, 9.17) is 0 Å². The lowest BCUT2D eigenvalue weighted by Gasteiger charge is -2.25. The molecule has 0 aliphatic carbocycles. The number of rotatable bonds is 7. The molecule has 0 bridgehead atoms. The number of amides is 1. The average molecular weight is 279 g/mol. The smallest absolute Gasteiger partial charge is 0.241 e. The van der Waals surface area contributed by atoms with Gasteiger partial charge < -0.3 is 14.9 Å². The molecule has 1 atom stereocenters. The van der Waals surface area contributed by atoms with Gasteiger partial charge >= 0.3 is 0 Å². The molecule has 112 valence electrons. The van der Waals surface area contributed by atoms with Gasteiger partial charge in [-0.2, -0.15) is 0 Å². The van der Waals surface area contributed by atoms with Gasteiger partial charge in [-0.1, -0.05) is 13.8 Å². The van der Waals surface area contributed by atoms with Gasteiger partial charge in [-0.05, 0) is 25.0 Å². The van der Waals surface area contributed by atoms with Crippen LogP contribution in [0.15, 0.2) is 18.3 Å². The molecule has 5 heteroatoms. The molecule has 0 aliphatic rings. The van der Waals surface area contributed by atoms with Crippen LogP contribution >= 0.6 is 0 Å². The first-order valence-corrected chi connectivity index (χ1v) is 7.08. The number of aromatic nitrogens is 1. The van der Waals surface area contributed by atoms with Crippen molar-refractivity contribution < 1.29 is 9.90 Å². The highest BCUT2D eigenvalue weighted by Gasteiger charge is 2.13. The fourth-order valence-corrected chi connectivity index (χ4v) is 1.86. The lowest BCUT2D eigenvalue weighted by atomic mass is 10.2. The highest BCUT2D eigenvalue weighted by molar-refractivity contribution is 5.80. The number of likely N-dealkylation sites (N-methyl/N-ethyl adjacent to an activating group) is 1. The van der Waals surface area contributed by atoms with E-state index in [-0.39, 0.29) is 5.91 Å². The van der Waals surface area contributed by atoms with Crippen LogP contribution in [-0.4, -0.2) is 48.1 Å². The van der Waals surface area contributed by atoms with Crippen molar-refractivity contribution in [2.75, 3.05) is 32.1 Å². The molecular weight excluding hydrogens is 254 g/mol. The molecular formula is C15H25N3O2. The number of anilines is 1. The average Bonchev–Trinajstić information content (AvgIpc) is 2.46. The minimum absolute atomic E-state index is 0.0659. The molecule has 0 saturated heterocycles. The number of aliphatic hydroxyl groups excluding tert-OH is 1. The molecule has 1 heterocycles. The molecule has 5 nitrogen and oxygen atoms in total. The second-order valence-electron chi connectivity index (χ2n) is 5.08. The van der Waals surface area contributed by atoms with E-state index in [0.717, 1.165) is 18.7 Å². The molecule has 0 saturated carbocycles. The quantitative estimate of drug-likeness (QED) is 0.827. The summed E-state index contributed by atoms with van der Waals surface area (Å²) in [7, 11) is 3.51. The fraction of sp³-hybridized carbons (Fsp3) is 0.600. The zero-order chi connectivity index (χ0) is 15.1. The minimum Gasteiger partial charge on any atom is -0.387 e. The Kier molecular flexibility index (Phi) is 6.45. The summed E-state index contributed by atoms with van der Waals surface area (Å²) >= 11 is 0. The fourth-order valence-electron chi connectivity index (χ4n) is 1.86. The monoisotopic (exact) mass is 279 g/mol. The summed E-state index contributed by atoms with van der Waals surface area (Å²) in [5.41, 5.74) is 1.58. The zero-order valence-electron chi connectivity index (χ0n) is 12.8. The normalized spacial score (nSPS) is 12.1. The summed E-state index contributed by atoms with van der Waals surface area (Å²) in [6, 6.07) is 3.74. The van der Waals surface area contributed by atoms with Crippen LogP contribution in [0.5, 0.6) is 0 Å². The van der Waals surface area contributed by atoms with Crippen LogP contribution in [0.1, 0.15) is 38.5 Å². The summed E-state index contributed by atoms with van der Waals surface area (Å²) in [5.74, 6) is 0.0659. The van der Waals surface area contributed by atoms with Crippen molar-refractivity contribution in [3.05, 3.63) is 24.0 Å². The Labute approximate surface area is 121 Å². The van der Waals surface area contributed by atoms with Crippen molar-refractivity contribution in [1.82, 2.24) is 9.88 Å². The molecule has 0 fully saturated rings. The van der Waals surface area contributed by atoms with Crippen molar-refractivity contribution in [3.8, 4) is 0 Å². The highest BCUT2D eigenvalue weighted by Crippen LogP contribution is 2.18. The zero-order valence-corrected chi connectivity index (χ0v) is 12.8. The SMILES string of the molecule is CCCN(CC(=O)N(C)C)c1ccc(C(O)CC)nc1. The van der Waals surface area contributed by atoms with E-state index in [1.165, 1.54) is 0 Å². The number of carbonyl (C=O) groups excluding carboxylic acids is 1. The first-order chi connectivity index (χ1) is 9.49. The highest BCUT2D eigenvalue weighted by atomic mass is 16.3.